The van der Waals surface area contributed by atoms with Crippen molar-refractivity contribution in [2.45, 2.75) is 44.9 Å². The maximum absolute atomic E-state index is 10.3. The average molecular weight is 280 g/mol. The van der Waals surface area contributed by atoms with E-state index in [2.05, 4.69) is 0 Å². The summed E-state index contributed by atoms with van der Waals surface area (Å²) in [5.41, 5.74) is 1.11. The third kappa shape index (κ3) is 3.58. The number of aliphatic hydroxyl groups excluding tert-OH is 1. The standard InChI is InChI=1S/C16H24O4/c1-11-12(2)20-14(15(17)16(11)18-3)10-19-9-13-7-5-4-6-8-13/h4-8,11-12,14-17H,9-10H2,1-3H3. The molecule has 20 heavy (non-hydrogen) atoms. The Morgan fingerprint density at radius 2 is 1.90 bits per heavy atom. The smallest absolute Gasteiger partial charge is 0.110 e. The van der Waals surface area contributed by atoms with Crippen LogP contribution in [0.15, 0.2) is 30.3 Å². The number of ether oxygens (including phenoxy) is 3. The van der Waals surface area contributed by atoms with Crippen LogP contribution in [0.3, 0.4) is 0 Å². The van der Waals surface area contributed by atoms with E-state index >= 15 is 0 Å². The van der Waals surface area contributed by atoms with Gasteiger partial charge >= 0.3 is 0 Å². The first-order valence-corrected chi connectivity index (χ1v) is 7.11. The molecule has 1 saturated heterocycles. The van der Waals surface area contributed by atoms with E-state index in [4.69, 9.17) is 14.2 Å². The molecule has 0 bridgehead atoms. The van der Waals surface area contributed by atoms with E-state index in [0.29, 0.717) is 13.2 Å². The lowest BCUT2D eigenvalue weighted by atomic mass is 9.89. The molecular weight excluding hydrogens is 256 g/mol. The molecule has 0 spiro atoms. The third-order valence-electron chi connectivity index (χ3n) is 4.03. The van der Waals surface area contributed by atoms with Gasteiger partial charge < -0.3 is 19.3 Å². The highest BCUT2D eigenvalue weighted by atomic mass is 16.6. The van der Waals surface area contributed by atoms with Crippen LogP contribution in [-0.4, -0.2) is 43.2 Å². The molecule has 0 aromatic heterocycles. The SMILES string of the molecule is COC1C(C)C(C)OC(COCc2ccccc2)C1O. The van der Waals surface area contributed by atoms with Crippen molar-refractivity contribution in [3.05, 3.63) is 35.9 Å². The van der Waals surface area contributed by atoms with Gasteiger partial charge in [0.15, 0.2) is 0 Å². The van der Waals surface area contributed by atoms with Gasteiger partial charge in [0.2, 0.25) is 0 Å². The summed E-state index contributed by atoms with van der Waals surface area (Å²) in [4.78, 5) is 0. The van der Waals surface area contributed by atoms with Crippen molar-refractivity contribution < 1.29 is 19.3 Å². The van der Waals surface area contributed by atoms with E-state index in [0.717, 1.165) is 5.56 Å². The van der Waals surface area contributed by atoms with Crippen molar-refractivity contribution in [1.29, 1.82) is 0 Å². The van der Waals surface area contributed by atoms with Gasteiger partial charge in [0.05, 0.1) is 25.4 Å². The Labute approximate surface area is 120 Å². The maximum Gasteiger partial charge on any atom is 0.110 e. The second-order valence-corrected chi connectivity index (χ2v) is 5.43. The van der Waals surface area contributed by atoms with Crippen LogP contribution >= 0.6 is 0 Å². The lowest BCUT2D eigenvalue weighted by Gasteiger charge is -2.41. The monoisotopic (exact) mass is 280 g/mol. The number of rotatable bonds is 5. The van der Waals surface area contributed by atoms with Crippen LogP contribution in [0.4, 0.5) is 0 Å². The van der Waals surface area contributed by atoms with E-state index in [-0.39, 0.29) is 24.2 Å². The fraction of sp³-hybridized carbons (Fsp3) is 0.625. The number of hydrogen-bond donors (Lipinski definition) is 1. The van der Waals surface area contributed by atoms with Gasteiger partial charge in [-0.05, 0) is 12.5 Å². The van der Waals surface area contributed by atoms with Crippen LogP contribution < -0.4 is 0 Å². The lowest BCUT2D eigenvalue weighted by Crippen LogP contribution is -2.54. The molecule has 4 nitrogen and oxygen atoms in total. The normalized spacial score (nSPS) is 34.1. The quantitative estimate of drug-likeness (QED) is 0.896. The zero-order chi connectivity index (χ0) is 14.5. The summed E-state index contributed by atoms with van der Waals surface area (Å²) in [7, 11) is 1.63. The summed E-state index contributed by atoms with van der Waals surface area (Å²) in [6.07, 6.45) is -1.14. The van der Waals surface area contributed by atoms with Crippen LogP contribution in [0.1, 0.15) is 19.4 Å². The van der Waals surface area contributed by atoms with Crippen molar-refractivity contribution in [2.24, 2.45) is 5.92 Å². The predicted octanol–water partition coefficient (Wildman–Crippen LogP) is 2.00. The van der Waals surface area contributed by atoms with Gasteiger partial charge in [-0.1, -0.05) is 37.3 Å². The minimum atomic E-state index is -0.651. The van der Waals surface area contributed by atoms with Crippen LogP contribution in [-0.2, 0) is 20.8 Å². The van der Waals surface area contributed by atoms with E-state index < -0.39 is 6.10 Å². The molecule has 2 rings (SSSR count). The predicted molar refractivity (Wildman–Crippen MR) is 76.4 cm³/mol. The van der Waals surface area contributed by atoms with Gasteiger partial charge in [-0.15, -0.1) is 0 Å². The molecule has 1 aliphatic rings. The zero-order valence-corrected chi connectivity index (χ0v) is 12.4. The van der Waals surface area contributed by atoms with E-state index in [1.54, 1.807) is 7.11 Å². The zero-order valence-electron chi connectivity index (χ0n) is 12.4. The fourth-order valence-electron chi connectivity index (χ4n) is 2.63. The average Bonchev–Trinajstić information content (AvgIpc) is 2.46. The van der Waals surface area contributed by atoms with Gasteiger partial charge in [-0.2, -0.15) is 0 Å². The van der Waals surface area contributed by atoms with Gasteiger partial charge in [-0.25, -0.2) is 0 Å². The molecular formula is C16H24O4. The Morgan fingerprint density at radius 3 is 2.55 bits per heavy atom. The summed E-state index contributed by atoms with van der Waals surface area (Å²) >= 11 is 0. The minimum absolute atomic E-state index is 0.0497. The van der Waals surface area contributed by atoms with Crippen molar-refractivity contribution >= 4 is 0 Å². The molecule has 1 aromatic carbocycles. The highest BCUT2D eigenvalue weighted by Gasteiger charge is 2.41. The van der Waals surface area contributed by atoms with Gasteiger partial charge in [-0.3, -0.25) is 0 Å². The van der Waals surface area contributed by atoms with Crippen molar-refractivity contribution in [2.75, 3.05) is 13.7 Å². The first kappa shape index (κ1) is 15.4. The molecule has 5 unspecified atom stereocenters. The Morgan fingerprint density at radius 1 is 1.20 bits per heavy atom. The topological polar surface area (TPSA) is 47.9 Å². The molecule has 1 aromatic rings. The highest BCUT2D eigenvalue weighted by Crippen LogP contribution is 2.27. The molecule has 0 saturated carbocycles. The number of methoxy groups -OCH3 is 1. The van der Waals surface area contributed by atoms with Gasteiger partial charge in [0.25, 0.3) is 0 Å². The Hall–Kier alpha value is -0.940. The largest absolute Gasteiger partial charge is 0.388 e. The van der Waals surface area contributed by atoms with Crippen molar-refractivity contribution in [3.8, 4) is 0 Å². The first-order chi connectivity index (χ1) is 9.63. The lowest BCUT2D eigenvalue weighted by molar-refractivity contribution is -0.212. The molecule has 112 valence electrons. The molecule has 0 radical (unpaired) electrons. The van der Waals surface area contributed by atoms with Crippen molar-refractivity contribution in [1.82, 2.24) is 0 Å². The van der Waals surface area contributed by atoms with Crippen LogP contribution in [0.5, 0.6) is 0 Å². The fourth-order valence-corrected chi connectivity index (χ4v) is 2.63. The highest BCUT2D eigenvalue weighted by molar-refractivity contribution is 5.13. The maximum atomic E-state index is 10.3. The molecule has 1 aliphatic heterocycles. The third-order valence-corrected chi connectivity index (χ3v) is 4.03. The summed E-state index contributed by atoms with van der Waals surface area (Å²) in [5.74, 6) is 0.167. The van der Waals surface area contributed by atoms with E-state index in [1.165, 1.54) is 0 Å². The first-order valence-electron chi connectivity index (χ1n) is 7.11. The van der Waals surface area contributed by atoms with E-state index in [1.807, 2.05) is 44.2 Å². The Kier molecular flexibility index (Phi) is 5.54. The van der Waals surface area contributed by atoms with Crippen LogP contribution in [0, 0.1) is 5.92 Å². The summed E-state index contributed by atoms with van der Waals surface area (Å²) < 4.78 is 16.9. The summed E-state index contributed by atoms with van der Waals surface area (Å²) in [5, 5.41) is 10.3. The Bertz CT molecular complexity index is 395. The molecule has 0 amide bonds. The second kappa shape index (κ2) is 7.18. The molecule has 4 heteroatoms. The van der Waals surface area contributed by atoms with Crippen LogP contribution in [0.25, 0.3) is 0 Å². The summed E-state index contributed by atoms with van der Waals surface area (Å²) in [6.45, 7) is 4.93. The van der Waals surface area contributed by atoms with Gasteiger partial charge in [0.1, 0.15) is 12.2 Å². The molecule has 1 fully saturated rings. The minimum Gasteiger partial charge on any atom is -0.388 e. The molecule has 0 aliphatic carbocycles. The number of benzene rings is 1. The molecule has 1 N–H and O–H groups in total. The summed E-state index contributed by atoms with van der Waals surface area (Å²) in [6, 6.07) is 9.97. The van der Waals surface area contributed by atoms with Gasteiger partial charge in [0, 0.05) is 13.0 Å². The molecule has 1 heterocycles. The second-order valence-electron chi connectivity index (χ2n) is 5.43. The van der Waals surface area contributed by atoms with E-state index in [9.17, 15) is 5.11 Å². The number of aliphatic hydroxyl groups is 1. The van der Waals surface area contributed by atoms with Crippen molar-refractivity contribution in [3.63, 3.8) is 0 Å². The molecule has 5 atom stereocenters. The van der Waals surface area contributed by atoms with Crippen LogP contribution in [0.2, 0.25) is 0 Å². The Balaban J connectivity index is 1.86. The number of hydrogen-bond acceptors (Lipinski definition) is 4.